The molecule has 3 saturated heterocycles. The standard InChI is InChI=1S/C19H27N3O3/c23-18(16-2-1-7-20-14-16)22-10-13-25-19(15-22)5-8-21(9-6-19)17-3-11-24-12-4-17/h1-2,7,14,17H,3-6,8-13,15H2. The Labute approximate surface area is 149 Å². The molecule has 1 amide bonds. The monoisotopic (exact) mass is 345 g/mol. The maximum Gasteiger partial charge on any atom is 0.255 e. The minimum absolute atomic E-state index is 0.0719. The van der Waals surface area contributed by atoms with Crippen molar-refractivity contribution in [2.45, 2.75) is 37.3 Å². The number of piperidine rings is 1. The molecule has 6 heteroatoms. The number of carbonyl (C=O) groups is 1. The number of pyridine rings is 1. The molecule has 3 aliphatic rings. The maximum absolute atomic E-state index is 12.7. The predicted octanol–water partition coefficient (Wildman–Crippen LogP) is 1.57. The van der Waals surface area contributed by atoms with Crippen molar-refractivity contribution >= 4 is 5.91 Å². The van der Waals surface area contributed by atoms with Crippen LogP contribution in [0.25, 0.3) is 0 Å². The second-order valence-corrected chi connectivity index (χ2v) is 7.38. The summed E-state index contributed by atoms with van der Waals surface area (Å²) in [4.78, 5) is 21.4. The van der Waals surface area contributed by atoms with Gasteiger partial charge in [0.15, 0.2) is 0 Å². The molecule has 4 heterocycles. The fraction of sp³-hybridized carbons (Fsp3) is 0.684. The van der Waals surface area contributed by atoms with Crippen molar-refractivity contribution in [2.75, 3.05) is 46.0 Å². The van der Waals surface area contributed by atoms with E-state index in [0.717, 1.165) is 52.0 Å². The third-order valence-electron chi connectivity index (χ3n) is 5.86. The lowest BCUT2D eigenvalue weighted by molar-refractivity contribution is -0.133. The fourth-order valence-electron chi connectivity index (χ4n) is 4.34. The number of hydrogen-bond acceptors (Lipinski definition) is 5. The second kappa shape index (κ2) is 7.40. The normalized spacial score (nSPS) is 25.2. The third kappa shape index (κ3) is 3.71. The van der Waals surface area contributed by atoms with E-state index < -0.39 is 0 Å². The zero-order chi connectivity index (χ0) is 17.1. The van der Waals surface area contributed by atoms with Gasteiger partial charge in [0.25, 0.3) is 5.91 Å². The Morgan fingerprint density at radius 2 is 1.96 bits per heavy atom. The summed E-state index contributed by atoms with van der Waals surface area (Å²) in [5.74, 6) is 0.0719. The van der Waals surface area contributed by atoms with E-state index in [1.165, 1.54) is 0 Å². The Morgan fingerprint density at radius 1 is 1.16 bits per heavy atom. The van der Waals surface area contributed by atoms with Crippen LogP contribution in [-0.2, 0) is 9.47 Å². The number of carbonyl (C=O) groups excluding carboxylic acids is 1. The number of rotatable bonds is 2. The highest BCUT2D eigenvalue weighted by atomic mass is 16.5. The summed E-state index contributed by atoms with van der Waals surface area (Å²) in [6.45, 7) is 5.87. The molecular formula is C19H27N3O3. The Balaban J connectivity index is 1.37. The van der Waals surface area contributed by atoms with Crippen LogP contribution in [-0.4, -0.2) is 78.3 Å². The quantitative estimate of drug-likeness (QED) is 0.814. The number of nitrogens with zero attached hydrogens (tertiary/aromatic N) is 3. The molecule has 3 aliphatic heterocycles. The summed E-state index contributed by atoms with van der Waals surface area (Å²) >= 11 is 0. The summed E-state index contributed by atoms with van der Waals surface area (Å²) in [7, 11) is 0. The summed E-state index contributed by atoms with van der Waals surface area (Å²) in [6, 6.07) is 4.31. The van der Waals surface area contributed by atoms with Crippen LogP contribution >= 0.6 is 0 Å². The first-order valence-corrected chi connectivity index (χ1v) is 9.41. The first-order valence-electron chi connectivity index (χ1n) is 9.41. The maximum atomic E-state index is 12.7. The van der Waals surface area contributed by atoms with E-state index in [2.05, 4.69) is 9.88 Å². The van der Waals surface area contributed by atoms with Crippen LogP contribution in [0.4, 0.5) is 0 Å². The largest absolute Gasteiger partial charge is 0.381 e. The van der Waals surface area contributed by atoms with E-state index >= 15 is 0 Å². The molecule has 3 fully saturated rings. The second-order valence-electron chi connectivity index (χ2n) is 7.38. The summed E-state index contributed by atoms with van der Waals surface area (Å²) in [5, 5.41) is 0. The van der Waals surface area contributed by atoms with E-state index in [0.29, 0.717) is 31.3 Å². The molecule has 0 aliphatic carbocycles. The van der Waals surface area contributed by atoms with Gasteiger partial charge < -0.3 is 14.4 Å². The topological polar surface area (TPSA) is 54.9 Å². The minimum Gasteiger partial charge on any atom is -0.381 e. The summed E-state index contributed by atoms with van der Waals surface area (Å²) < 4.78 is 11.7. The molecule has 1 aromatic heterocycles. The highest BCUT2D eigenvalue weighted by Crippen LogP contribution is 2.32. The minimum atomic E-state index is -0.169. The summed E-state index contributed by atoms with van der Waals surface area (Å²) in [6.07, 6.45) is 7.63. The van der Waals surface area contributed by atoms with Gasteiger partial charge in [0, 0.05) is 51.3 Å². The van der Waals surface area contributed by atoms with Crippen LogP contribution in [0.5, 0.6) is 0 Å². The van der Waals surface area contributed by atoms with Gasteiger partial charge in [-0.3, -0.25) is 14.7 Å². The Hall–Kier alpha value is -1.50. The van der Waals surface area contributed by atoms with Gasteiger partial charge in [-0.05, 0) is 37.8 Å². The smallest absolute Gasteiger partial charge is 0.255 e. The molecule has 4 rings (SSSR count). The van der Waals surface area contributed by atoms with E-state index in [4.69, 9.17) is 9.47 Å². The van der Waals surface area contributed by atoms with E-state index in [-0.39, 0.29) is 11.5 Å². The number of hydrogen-bond donors (Lipinski definition) is 0. The number of ether oxygens (including phenoxy) is 2. The number of morpholine rings is 1. The van der Waals surface area contributed by atoms with Gasteiger partial charge in [0.1, 0.15) is 0 Å². The lowest BCUT2D eigenvalue weighted by atomic mass is 9.87. The van der Waals surface area contributed by atoms with Gasteiger partial charge >= 0.3 is 0 Å². The van der Waals surface area contributed by atoms with Crippen LogP contribution in [0, 0.1) is 0 Å². The van der Waals surface area contributed by atoms with Gasteiger partial charge in [-0.1, -0.05) is 0 Å². The Kier molecular flexibility index (Phi) is 5.01. The lowest BCUT2D eigenvalue weighted by Crippen LogP contribution is -2.59. The Morgan fingerprint density at radius 3 is 2.68 bits per heavy atom. The van der Waals surface area contributed by atoms with E-state index in [1.54, 1.807) is 12.4 Å². The average molecular weight is 345 g/mol. The molecule has 0 bridgehead atoms. The predicted molar refractivity (Wildman–Crippen MR) is 93.5 cm³/mol. The van der Waals surface area contributed by atoms with Gasteiger partial charge in [0.2, 0.25) is 0 Å². The van der Waals surface area contributed by atoms with Crippen molar-refractivity contribution in [3.05, 3.63) is 30.1 Å². The number of amides is 1. The van der Waals surface area contributed by atoms with E-state index in [1.807, 2.05) is 17.0 Å². The van der Waals surface area contributed by atoms with Crippen LogP contribution in [0.15, 0.2) is 24.5 Å². The Bertz CT molecular complexity index is 581. The van der Waals surface area contributed by atoms with Gasteiger partial charge in [-0.25, -0.2) is 0 Å². The molecule has 136 valence electrons. The first-order chi connectivity index (χ1) is 12.3. The SMILES string of the molecule is O=C(c1cccnc1)N1CCOC2(CCN(C3CCOCC3)CC2)C1. The molecule has 0 saturated carbocycles. The molecule has 0 N–H and O–H groups in total. The fourth-order valence-corrected chi connectivity index (χ4v) is 4.34. The van der Waals surface area contributed by atoms with Gasteiger partial charge in [-0.15, -0.1) is 0 Å². The molecule has 6 nitrogen and oxygen atoms in total. The van der Waals surface area contributed by atoms with Crippen LogP contribution in [0.3, 0.4) is 0 Å². The molecule has 0 aromatic carbocycles. The van der Waals surface area contributed by atoms with Gasteiger partial charge in [0.05, 0.1) is 24.3 Å². The van der Waals surface area contributed by atoms with Crippen molar-refractivity contribution in [3.8, 4) is 0 Å². The van der Waals surface area contributed by atoms with Crippen molar-refractivity contribution in [2.24, 2.45) is 0 Å². The molecule has 1 spiro atoms. The molecule has 1 aromatic rings. The molecule has 0 radical (unpaired) electrons. The van der Waals surface area contributed by atoms with Crippen molar-refractivity contribution < 1.29 is 14.3 Å². The van der Waals surface area contributed by atoms with Crippen LogP contribution in [0.2, 0.25) is 0 Å². The van der Waals surface area contributed by atoms with E-state index in [9.17, 15) is 4.79 Å². The van der Waals surface area contributed by atoms with Crippen molar-refractivity contribution in [1.82, 2.24) is 14.8 Å². The zero-order valence-corrected chi connectivity index (χ0v) is 14.7. The lowest BCUT2D eigenvalue weighted by Gasteiger charge is -2.49. The summed E-state index contributed by atoms with van der Waals surface area (Å²) in [5.41, 5.74) is 0.497. The highest BCUT2D eigenvalue weighted by Gasteiger charge is 2.42. The van der Waals surface area contributed by atoms with Crippen LogP contribution < -0.4 is 0 Å². The first kappa shape index (κ1) is 16.9. The van der Waals surface area contributed by atoms with Crippen molar-refractivity contribution in [3.63, 3.8) is 0 Å². The molecule has 25 heavy (non-hydrogen) atoms. The third-order valence-corrected chi connectivity index (χ3v) is 5.86. The van der Waals surface area contributed by atoms with Gasteiger partial charge in [-0.2, -0.15) is 0 Å². The zero-order valence-electron chi connectivity index (χ0n) is 14.7. The molecule has 0 atom stereocenters. The molecule has 0 unspecified atom stereocenters. The average Bonchev–Trinajstić information content (AvgIpc) is 2.69. The highest BCUT2D eigenvalue weighted by molar-refractivity contribution is 5.94. The molecular weight excluding hydrogens is 318 g/mol. The number of aromatic nitrogens is 1. The number of likely N-dealkylation sites (tertiary alicyclic amines) is 1. The van der Waals surface area contributed by atoms with Crippen molar-refractivity contribution in [1.29, 1.82) is 0 Å². The van der Waals surface area contributed by atoms with Crippen LogP contribution in [0.1, 0.15) is 36.0 Å².